The van der Waals surface area contributed by atoms with Crippen LogP contribution < -0.4 is 4.87 Å². The second-order valence-electron chi connectivity index (χ2n) is 5.89. The van der Waals surface area contributed by atoms with Gasteiger partial charge in [-0.1, -0.05) is 43.4 Å². The molecule has 0 aliphatic heterocycles. The Morgan fingerprint density at radius 2 is 2.13 bits per heavy atom. The Kier molecular flexibility index (Phi) is 6.59. The van der Waals surface area contributed by atoms with Gasteiger partial charge in [-0.15, -0.1) is 0 Å². The van der Waals surface area contributed by atoms with Gasteiger partial charge in [-0.25, -0.2) is 4.99 Å². The lowest BCUT2D eigenvalue weighted by molar-refractivity contribution is -0.143. The van der Waals surface area contributed by atoms with Gasteiger partial charge in [0.15, 0.2) is 0 Å². The molecule has 1 aromatic heterocycles. The Bertz CT molecular complexity index is 700. The average Bonchev–Trinajstić information content (AvgIpc) is 2.91. The highest BCUT2D eigenvalue weighted by Gasteiger charge is 2.09. The number of carbonyl (C=O) groups is 1. The fourth-order valence-electron chi connectivity index (χ4n) is 2.12. The quantitative estimate of drug-likeness (QED) is 0.557. The number of benzene rings is 1. The van der Waals surface area contributed by atoms with Crippen molar-refractivity contribution in [1.82, 2.24) is 0 Å². The summed E-state index contributed by atoms with van der Waals surface area (Å²) in [6.07, 6.45) is 3.88. The predicted molar refractivity (Wildman–Crippen MR) is 91.7 cm³/mol. The van der Waals surface area contributed by atoms with Crippen molar-refractivity contribution in [3.05, 3.63) is 45.8 Å². The molecule has 0 fully saturated rings. The summed E-state index contributed by atoms with van der Waals surface area (Å²) < 4.78 is 10.7. The molecule has 0 amide bonds. The summed E-state index contributed by atoms with van der Waals surface area (Å²) in [4.78, 5) is 18.1. The molecule has 0 aliphatic rings. The molecule has 5 heteroatoms. The van der Waals surface area contributed by atoms with E-state index in [0.717, 1.165) is 29.0 Å². The van der Waals surface area contributed by atoms with Crippen LogP contribution in [0.4, 0.5) is 5.69 Å². The Labute approximate surface area is 140 Å². The number of hydrogen-bond acceptors (Lipinski definition) is 5. The zero-order valence-corrected chi connectivity index (χ0v) is 14.7. The molecule has 0 N–H and O–H groups in total. The Balaban J connectivity index is 1.99. The van der Waals surface area contributed by atoms with Crippen LogP contribution in [0.1, 0.15) is 37.1 Å². The summed E-state index contributed by atoms with van der Waals surface area (Å²) >= 11 is 1.48. The summed E-state index contributed by atoms with van der Waals surface area (Å²) in [5.74, 6) is 0.418. The smallest absolute Gasteiger partial charge is 0.310 e. The molecule has 4 nitrogen and oxygen atoms in total. The second-order valence-corrected chi connectivity index (χ2v) is 7.09. The first-order valence-electron chi connectivity index (χ1n) is 7.88. The second kappa shape index (κ2) is 8.67. The third-order valence-corrected chi connectivity index (χ3v) is 4.08. The van der Waals surface area contributed by atoms with Crippen molar-refractivity contribution in [3.8, 4) is 0 Å². The van der Waals surface area contributed by atoms with E-state index in [0.29, 0.717) is 17.4 Å². The molecule has 2 aromatic rings. The number of nitrogens with zero attached hydrogens (tertiary/aromatic N) is 1. The molecule has 0 unspecified atom stereocenters. The highest BCUT2D eigenvalue weighted by atomic mass is 32.1. The molecule has 0 aliphatic carbocycles. The number of rotatable bonds is 7. The SMILES string of the molecule is Cc1coc(=Nc2ccccc2CC(=O)OCCCC(C)C)s1. The molecule has 0 spiro atoms. The van der Waals surface area contributed by atoms with Crippen molar-refractivity contribution in [2.75, 3.05) is 6.61 Å². The molecule has 0 radical (unpaired) electrons. The van der Waals surface area contributed by atoms with E-state index in [-0.39, 0.29) is 12.4 Å². The minimum Gasteiger partial charge on any atom is -0.465 e. The van der Waals surface area contributed by atoms with Gasteiger partial charge in [-0.05, 0) is 37.3 Å². The van der Waals surface area contributed by atoms with Crippen molar-refractivity contribution in [2.45, 2.75) is 40.0 Å². The lowest BCUT2D eigenvalue weighted by Gasteiger charge is -2.07. The van der Waals surface area contributed by atoms with Gasteiger partial charge < -0.3 is 9.15 Å². The number of para-hydroxylation sites is 1. The third-order valence-electron chi connectivity index (χ3n) is 3.30. The first-order chi connectivity index (χ1) is 11.0. The zero-order chi connectivity index (χ0) is 16.7. The third kappa shape index (κ3) is 6.02. The van der Waals surface area contributed by atoms with E-state index >= 15 is 0 Å². The standard InChI is InChI=1S/C18H23NO3S/c1-13(2)7-6-10-21-17(20)11-15-8-4-5-9-16(15)19-18-22-12-14(3)23-18/h4-5,8-9,12-13H,6-7,10-11H2,1-3H3. The first kappa shape index (κ1) is 17.5. The monoisotopic (exact) mass is 333 g/mol. The molecule has 0 saturated carbocycles. The molecule has 0 saturated heterocycles. The fourth-order valence-corrected chi connectivity index (χ4v) is 2.73. The Morgan fingerprint density at radius 3 is 2.83 bits per heavy atom. The van der Waals surface area contributed by atoms with Gasteiger partial charge in [0.25, 0.3) is 4.87 Å². The minimum absolute atomic E-state index is 0.212. The van der Waals surface area contributed by atoms with E-state index in [9.17, 15) is 4.79 Å². The van der Waals surface area contributed by atoms with E-state index in [4.69, 9.17) is 9.15 Å². The predicted octanol–water partition coefficient (Wildman–Crippen LogP) is 4.40. The Morgan fingerprint density at radius 1 is 1.35 bits per heavy atom. The van der Waals surface area contributed by atoms with E-state index in [2.05, 4.69) is 18.8 Å². The fraction of sp³-hybridized carbons (Fsp3) is 0.444. The number of carbonyl (C=O) groups excluding carboxylic acids is 1. The van der Waals surface area contributed by atoms with Gasteiger partial charge in [-0.3, -0.25) is 4.79 Å². The molecule has 23 heavy (non-hydrogen) atoms. The molecule has 1 heterocycles. The molecule has 124 valence electrons. The van der Waals surface area contributed by atoms with Gasteiger partial charge in [0.1, 0.15) is 6.26 Å². The highest BCUT2D eigenvalue weighted by Crippen LogP contribution is 2.19. The average molecular weight is 333 g/mol. The van der Waals surface area contributed by atoms with Crippen molar-refractivity contribution < 1.29 is 13.9 Å². The number of hydrogen-bond donors (Lipinski definition) is 0. The highest BCUT2D eigenvalue weighted by molar-refractivity contribution is 7.08. The van der Waals surface area contributed by atoms with Crippen LogP contribution in [-0.2, 0) is 16.0 Å². The van der Waals surface area contributed by atoms with Crippen LogP contribution in [0.15, 0.2) is 39.9 Å². The summed E-state index contributed by atoms with van der Waals surface area (Å²) in [5, 5.41) is 0. The van der Waals surface area contributed by atoms with Crippen LogP contribution in [-0.4, -0.2) is 12.6 Å². The van der Waals surface area contributed by atoms with Crippen molar-refractivity contribution in [3.63, 3.8) is 0 Å². The largest absolute Gasteiger partial charge is 0.465 e. The van der Waals surface area contributed by atoms with Gasteiger partial charge in [0, 0.05) is 4.88 Å². The topological polar surface area (TPSA) is 51.8 Å². The molecule has 0 atom stereocenters. The molecule has 2 rings (SSSR count). The maximum absolute atomic E-state index is 12.0. The Hall–Kier alpha value is -1.88. The minimum atomic E-state index is -0.212. The lowest BCUT2D eigenvalue weighted by Crippen LogP contribution is -2.10. The molecule has 0 bridgehead atoms. The van der Waals surface area contributed by atoms with Gasteiger partial charge in [0.2, 0.25) is 0 Å². The van der Waals surface area contributed by atoms with Crippen LogP contribution in [0.25, 0.3) is 0 Å². The maximum Gasteiger partial charge on any atom is 0.310 e. The van der Waals surface area contributed by atoms with Crippen LogP contribution >= 0.6 is 11.3 Å². The maximum atomic E-state index is 12.0. The molecular weight excluding hydrogens is 310 g/mol. The lowest BCUT2D eigenvalue weighted by atomic mass is 10.1. The summed E-state index contributed by atoms with van der Waals surface area (Å²) in [6, 6.07) is 7.58. The van der Waals surface area contributed by atoms with Crippen LogP contribution in [0, 0.1) is 12.8 Å². The van der Waals surface area contributed by atoms with E-state index < -0.39 is 0 Å². The van der Waals surface area contributed by atoms with Crippen LogP contribution in [0.5, 0.6) is 0 Å². The van der Waals surface area contributed by atoms with Crippen molar-refractivity contribution in [2.24, 2.45) is 10.9 Å². The number of ether oxygens (including phenoxy) is 1. The van der Waals surface area contributed by atoms with E-state index in [1.165, 1.54) is 11.3 Å². The van der Waals surface area contributed by atoms with Crippen molar-refractivity contribution >= 4 is 23.0 Å². The van der Waals surface area contributed by atoms with Crippen LogP contribution in [0.3, 0.4) is 0 Å². The summed E-state index contributed by atoms with van der Waals surface area (Å²) in [5.41, 5.74) is 1.60. The van der Waals surface area contributed by atoms with E-state index in [1.54, 1.807) is 6.26 Å². The normalized spacial score (nSPS) is 11.9. The zero-order valence-electron chi connectivity index (χ0n) is 13.9. The van der Waals surface area contributed by atoms with Crippen molar-refractivity contribution in [1.29, 1.82) is 0 Å². The number of esters is 1. The van der Waals surface area contributed by atoms with Gasteiger partial charge in [0.05, 0.1) is 18.7 Å². The summed E-state index contributed by atoms with van der Waals surface area (Å²) in [7, 11) is 0. The van der Waals surface area contributed by atoms with Gasteiger partial charge in [-0.2, -0.15) is 0 Å². The number of aryl methyl sites for hydroxylation is 1. The van der Waals surface area contributed by atoms with Gasteiger partial charge >= 0.3 is 5.97 Å². The molecule has 1 aromatic carbocycles. The van der Waals surface area contributed by atoms with Crippen LogP contribution in [0.2, 0.25) is 0 Å². The summed E-state index contributed by atoms with van der Waals surface area (Å²) in [6.45, 7) is 6.78. The first-order valence-corrected chi connectivity index (χ1v) is 8.69. The molecular formula is C18H23NO3S. The van der Waals surface area contributed by atoms with E-state index in [1.807, 2.05) is 31.2 Å².